The zero-order valence-electron chi connectivity index (χ0n) is 38.8. The van der Waals surface area contributed by atoms with E-state index in [-0.39, 0.29) is 64.0 Å². The molecule has 2 aliphatic rings. The number of halogens is 1. The van der Waals surface area contributed by atoms with Gasteiger partial charge in [0.2, 0.25) is 11.9 Å². The summed E-state index contributed by atoms with van der Waals surface area (Å²) in [6, 6.07) is 0.846. The van der Waals surface area contributed by atoms with E-state index in [9.17, 15) is 29.4 Å². The van der Waals surface area contributed by atoms with Crippen LogP contribution in [0, 0.1) is 23.2 Å². The van der Waals surface area contributed by atoms with Crippen molar-refractivity contribution < 1.29 is 59.7 Å². The zero-order chi connectivity index (χ0) is 48.7. The number of aliphatic hydroxyl groups is 1. The Kier molecular flexibility index (Phi) is 18.6. The van der Waals surface area contributed by atoms with Crippen LogP contribution >= 0.6 is 16.1 Å². The first-order valence-corrected chi connectivity index (χ1v) is 28.5. The van der Waals surface area contributed by atoms with Crippen molar-refractivity contribution in [1.82, 2.24) is 34.5 Å². The van der Waals surface area contributed by atoms with E-state index in [1.807, 2.05) is 75.3 Å². The molecular formula is C38H64FN10O13P2Si2+. The van der Waals surface area contributed by atoms with Crippen LogP contribution in [0.1, 0.15) is 88.3 Å². The number of phosphoric acid groups is 1. The number of aliphatic hydroxyl groups excluding tert-OH is 1. The van der Waals surface area contributed by atoms with Gasteiger partial charge in [0.05, 0.1) is 44.7 Å². The van der Waals surface area contributed by atoms with Crippen LogP contribution in [0.5, 0.6) is 0 Å². The van der Waals surface area contributed by atoms with Crippen molar-refractivity contribution in [2.24, 2.45) is 11.8 Å². The molecule has 6 N–H and O–H groups in total. The minimum absolute atomic E-state index is 0.0192. The lowest BCUT2D eigenvalue weighted by Gasteiger charge is -2.47. The number of imidazole rings is 1. The number of phosphoric ester groups is 1. The van der Waals surface area contributed by atoms with Gasteiger partial charge in [0.1, 0.15) is 31.0 Å². The van der Waals surface area contributed by atoms with Crippen LogP contribution in [0.25, 0.3) is 11.2 Å². The largest absolute Gasteiger partial charge is 0.695 e. The molecule has 28 heteroatoms. The Balaban J connectivity index is 1.62. The molecule has 0 aromatic carbocycles. The molecule has 10 atom stereocenters. The van der Waals surface area contributed by atoms with E-state index in [0.29, 0.717) is 6.54 Å². The summed E-state index contributed by atoms with van der Waals surface area (Å²) in [5.41, 5.74) is -1.87. The Morgan fingerprint density at radius 1 is 1.05 bits per heavy atom. The van der Waals surface area contributed by atoms with Gasteiger partial charge in [-0.25, -0.2) is 28.9 Å². The number of aromatic amines is 1. The Hall–Kier alpha value is -3.26. The molecule has 1 saturated heterocycles. The van der Waals surface area contributed by atoms with Gasteiger partial charge in [-0.3, -0.25) is 27.9 Å². The molecule has 0 spiro atoms. The number of aromatic nitrogens is 7. The molecular weight excluding hydrogens is 942 g/mol. The maximum absolute atomic E-state index is 16.0. The van der Waals surface area contributed by atoms with Crippen LogP contribution in [0.3, 0.4) is 0 Å². The lowest BCUT2D eigenvalue weighted by atomic mass is 10.1. The van der Waals surface area contributed by atoms with Gasteiger partial charge in [-0.2, -0.15) is 10.2 Å². The summed E-state index contributed by atoms with van der Waals surface area (Å²) in [6.45, 7) is 17.8. The minimum atomic E-state index is -4.98. The highest BCUT2D eigenvalue weighted by molar-refractivity contribution is 7.48. The van der Waals surface area contributed by atoms with Crippen molar-refractivity contribution in [2.45, 2.75) is 147 Å². The third kappa shape index (κ3) is 12.3. The summed E-state index contributed by atoms with van der Waals surface area (Å²) < 4.78 is 88.6. The smallest absolute Gasteiger partial charge is 0.414 e. The number of ether oxygens (including phenoxy) is 1. The summed E-state index contributed by atoms with van der Waals surface area (Å²) in [5, 5.41) is 26.4. The fraction of sp³-hybridized carbons (Fsp3) is 0.763. The topological polar surface area (TPSA) is 310 Å². The SMILES string of the molecule is CC(C)CNc1nc2c(ncn2[C@@H]2O[C@H](CO)[C@@H](O[Si](O[Si](O)(C(C)C)C(C)C)(C(C)C)C(C)C)[C@H]2O[P@](=O)(OCCC#N)OC[C@H]2C[C@@H](Nc3ncncn3)[C@H](F)[C@@H]2O[P+](=O)O)c(=O)[nH]1. The predicted molar refractivity (Wildman–Crippen MR) is 242 cm³/mol. The molecule has 1 saturated carbocycles. The quantitative estimate of drug-likeness (QED) is 0.0347. The molecule has 4 heterocycles. The van der Waals surface area contributed by atoms with Gasteiger partial charge in [-0.1, -0.05) is 69.2 Å². The summed E-state index contributed by atoms with van der Waals surface area (Å²) in [4.78, 5) is 58.7. The minimum Gasteiger partial charge on any atom is -0.414 e. The highest BCUT2D eigenvalue weighted by atomic mass is 31.2. The highest BCUT2D eigenvalue weighted by Crippen LogP contribution is 2.56. The van der Waals surface area contributed by atoms with Crippen molar-refractivity contribution in [3.05, 3.63) is 29.3 Å². The average Bonchev–Trinajstić information content (AvgIpc) is 3.91. The van der Waals surface area contributed by atoms with Crippen molar-refractivity contribution in [2.75, 3.05) is 37.0 Å². The monoisotopic (exact) mass is 1010 g/mol. The normalized spacial score (nSPS) is 25.1. The molecule has 368 valence electrons. The van der Waals surface area contributed by atoms with E-state index >= 15 is 8.96 Å². The molecule has 23 nitrogen and oxygen atoms in total. The van der Waals surface area contributed by atoms with Crippen LogP contribution < -0.4 is 16.2 Å². The number of alkyl halides is 1. The average molecular weight is 1010 g/mol. The molecule has 0 radical (unpaired) electrons. The van der Waals surface area contributed by atoms with E-state index in [4.69, 9.17) is 31.4 Å². The van der Waals surface area contributed by atoms with E-state index in [1.165, 1.54) is 23.5 Å². The van der Waals surface area contributed by atoms with Crippen molar-refractivity contribution in [1.29, 1.82) is 5.26 Å². The second kappa shape index (κ2) is 22.9. The number of hydrogen-bond acceptors (Lipinski definition) is 20. The Morgan fingerprint density at radius 2 is 1.71 bits per heavy atom. The molecule has 66 heavy (non-hydrogen) atoms. The van der Waals surface area contributed by atoms with E-state index < -0.39 is 107 Å². The highest BCUT2D eigenvalue weighted by Gasteiger charge is 2.60. The van der Waals surface area contributed by atoms with E-state index in [1.54, 1.807) is 0 Å². The molecule has 3 aromatic rings. The number of nitriles is 1. The fourth-order valence-electron chi connectivity index (χ4n) is 8.15. The van der Waals surface area contributed by atoms with Crippen molar-refractivity contribution in [3.63, 3.8) is 0 Å². The fourth-order valence-corrected chi connectivity index (χ4v) is 20.0. The van der Waals surface area contributed by atoms with Crippen LogP contribution in [-0.2, 0) is 40.5 Å². The van der Waals surface area contributed by atoms with Gasteiger partial charge in [-0.05, 0) is 34.5 Å². The summed E-state index contributed by atoms with van der Waals surface area (Å²) in [5.74, 6) is -0.725. The third-order valence-corrected chi connectivity index (χ3v) is 23.3. The molecule has 0 amide bonds. The summed E-state index contributed by atoms with van der Waals surface area (Å²) in [6.07, 6.45) is -5.78. The number of H-pyrrole nitrogens is 1. The van der Waals surface area contributed by atoms with Gasteiger partial charge >= 0.3 is 33.2 Å². The van der Waals surface area contributed by atoms with E-state index in [2.05, 4.69) is 40.5 Å². The summed E-state index contributed by atoms with van der Waals surface area (Å²) >= 11 is 0. The van der Waals surface area contributed by atoms with Crippen LogP contribution in [-0.4, -0.2) is 129 Å². The third-order valence-electron chi connectivity index (χ3n) is 11.7. The Bertz CT molecular complexity index is 2210. The molecule has 2 fully saturated rings. The zero-order valence-corrected chi connectivity index (χ0v) is 42.6. The van der Waals surface area contributed by atoms with Gasteiger partial charge in [0, 0.05) is 17.0 Å². The van der Waals surface area contributed by atoms with Gasteiger partial charge in [0.15, 0.2) is 29.7 Å². The molecule has 3 aromatic heterocycles. The predicted octanol–water partition coefficient (Wildman–Crippen LogP) is 5.49. The van der Waals surface area contributed by atoms with Crippen LogP contribution in [0.15, 0.2) is 23.8 Å². The second-order valence-electron chi connectivity index (χ2n) is 18.1. The second-order valence-corrected chi connectivity index (χ2v) is 29.0. The van der Waals surface area contributed by atoms with Crippen LogP contribution in [0.4, 0.5) is 16.3 Å². The van der Waals surface area contributed by atoms with Gasteiger partial charge < -0.3 is 33.8 Å². The number of anilines is 2. The molecule has 5 rings (SSSR count). The first-order valence-electron chi connectivity index (χ1n) is 22.0. The number of rotatable bonds is 25. The molecule has 1 aliphatic heterocycles. The Labute approximate surface area is 386 Å². The first-order chi connectivity index (χ1) is 31.1. The lowest BCUT2D eigenvalue weighted by Crippen LogP contribution is -2.62. The lowest BCUT2D eigenvalue weighted by molar-refractivity contribution is -0.0531. The number of nitrogens with one attached hydrogen (secondary N) is 3. The van der Waals surface area contributed by atoms with Gasteiger partial charge in [-0.15, -0.1) is 9.42 Å². The molecule has 0 bridgehead atoms. The molecule has 1 unspecified atom stereocenters. The molecule has 1 aliphatic carbocycles. The Morgan fingerprint density at radius 3 is 2.29 bits per heavy atom. The number of nitrogens with zero attached hydrogens (tertiary/aromatic N) is 7. The number of hydrogen-bond donors (Lipinski definition) is 6. The standard InChI is InChI=1S/C38H63FN10O13P2Si2/c1-21(2)15-42-38-47-34-30(35(51)48-38)45-20-49(34)36-33(32(28(16-50)58-36)61-66(24(7)8,25(9)10)62-65(55,22(3)4)23(5)6)60-64(54,56-13-11-12-40)57-17-26-14-27(29(39)31(26)59-63(52)53)46-37-43-18-41-19-44-37/h18-29,31-33,36,50,55H,11,13-17H2,1-10H3,(H3-,41,42,43,44,46,47,48,51,52,53)/p+1/t26-,27-,28-,29+,31-,32-,33-,36-,64-/m1/s1. The van der Waals surface area contributed by atoms with Gasteiger partial charge in [0.25, 0.3) is 5.56 Å². The van der Waals surface area contributed by atoms with E-state index in [0.717, 1.165) is 0 Å². The first kappa shape index (κ1) is 53.7. The van der Waals surface area contributed by atoms with Crippen LogP contribution in [0.2, 0.25) is 22.2 Å². The van der Waals surface area contributed by atoms with Crippen molar-refractivity contribution >= 4 is 56.3 Å². The maximum Gasteiger partial charge on any atom is 0.695 e. The van der Waals surface area contributed by atoms with Crippen molar-refractivity contribution in [3.8, 4) is 6.07 Å². The summed E-state index contributed by atoms with van der Waals surface area (Å²) in [7, 11) is -15.6. The maximum atomic E-state index is 16.0. The number of fused-ring (bicyclic) bond motifs is 1.